The van der Waals surface area contributed by atoms with E-state index in [1.165, 1.54) is 12.7 Å². The van der Waals surface area contributed by atoms with Crippen LogP contribution in [0, 0.1) is 0 Å². The van der Waals surface area contributed by atoms with Crippen molar-refractivity contribution in [3.8, 4) is 0 Å². The summed E-state index contributed by atoms with van der Waals surface area (Å²) < 4.78 is 4.81. The second-order valence-corrected chi connectivity index (χ2v) is 8.17. The number of nitrogens with zero attached hydrogens (tertiary/aromatic N) is 1. The monoisotopic (exact) mass is 456 g/mol. The number of amides is 1. The highest BCUT2D eigenvalue weighted by atomic mass is 16.5. The van der Waals surface area contributed by atoms with Crippen LogP contribution < -0.4 is 16.4 Å². The molecule has 0 aromatic heterocycles. The third kappa shape index (κ3) is 5.01. The number of ether oxygens (including phenoxy) is 1. The van der Waals surface area contributed by atoms with Gasteiger partial charge >= 0.3 is 5.97 Å². The van der Waals surface area contributed by atoms with Crippen molar-refractivity contribution in [1.29, 1.82) is 0 Å². The number of carbonyl (C=O) groups excluding carboxylic acids is 2. The van der Waals surface area contributed by atoms with Crippen LogP contribution in [-0.4, -0.2) is 44.0 Å². The molecule has 3 aromatic carbocycles. The van der Waals surface area contributed by atoms with Crippen molar-refractivity contribution in [3.63, 3.8) is 0 Å². The number of anilines is 2. The van der Waals surface area contributed by atoms with Gasteiger partial charge in [-0.1, -0.05) is 48.5 Å². The molecule has 0 unspecified atom stereocenters. The maximum atomic E-state index is 13.1. The highest BCUT2D eigenvalue weighted by Gasteiger charge is 2.29. The van der Waals surface area contributed by atoms with Crippen LogP contribution in [0.25, 0.3) is 11.3 Å². The number of nitrogens with two attached hydrogens (primary N) is 1. The van der Waals surface area contributed by atoms with Crippen molar-refractivity contribution in [3.05, 3.63) is 95.1 Å². The predicted octanol–water partition coefficient (Wildman–Crippen LogP) is 3.80. The molecule has 0 atom stereocenters. The summed E-state index contributed by atoms with van der Waals surface area (Å²) in [4.78, 5) is 27.2. The molecule has 0 fully saturated rings. The molecule has 1 heterocycles. The SMILES string of the molecule is COC(=O)c1ccc2c(c1)NC(=O)/C2=C(\Nc1ccc(CN(C)CCN)cc1)c1ccccc1. The van der Waals surface area contributed by atoms with E-state index in [0.717, 1.165) is 29.9 Å². The van der Waals surface area contributed by atoms with Crippen LogP contribution in [0.1, 0.15) is 27.0 Å². The van der Waals surface area contributed by atoms with E-state index in [1.54, 1.807) is 18.2 Å². The summed E-state index contributed by atoms with van der Waals surface area (Å²) in [6.45, 7) is 2.26. The maximum Gasteiger partial charge on any atom is 0.337 e. The fraction of sp³-hybridized carbons (Fsp3) is 0.185. The molecule has 0 radical (unpaired) electrons. The van der Waals surface area contributed by atoms with Crippen LogP contribution in [-0.2, 0) is 16.1 Å². The lowest BCUT2D eigenvalue weighted by Crippen LogP contribution is -2.24. The second-order valence-electron chi connectivity index (χ2n) is 8.17. The number of esters is 1. The van der Waals surface area contributed by atoms with Crippen LogP contribution in [0.5, 0.6) is 0 Å². The third-order valence-electron chi connectivity index (χ3n) is 5.68. The minimum atomic E-state index is -0.451. The molecular formula is C27H28N4O3. The standard InChI is InChI=1S/C27H28N4O3/c1-31(15-14-28)17-18-8-11-21(12-9-18)29-25(19-6-4-3-5-7-19)24-22-13-10-20(27(33)34-2)16-23(22)30-26(24)32/h3-13,16,29H,14-15,17,28H2,1-2H3,(H,30,32)/b25-24-. The first-order valence-corrected chi connectivity index (χ1v) is 11.1. The Bertz CT molecular complexity index is 1220. The molecule has 0 saturated carbocycles. The van der Waals surface area contributed by atoms with E-state index in [0.29, 0.717) is 29.1 Å². The van der Waals surface area contributed by atoms with Crippen LogP contribution in [0.15, 0.2) is 72.8 Å². The van der Waals surface area contributed by atoms with E-state index in [9.17, 15) is 9.59 Å². The largest absolute Gasteiger partial charge is 0.465 e. The number of nitrogens with one attached hydrogen (secondary N) is 2. The second kappa shape index (κ2) is 10.3. The van der Waals surface area contributed by atoms with E-state index in [-0.39, 0.29) is 5.91 Å². The molecule has 34 heavy (non-hydrogen) atoms. The normalized spacial score (nSPS) is 13.9. The van der Waals surface area contributed by atoms with E-state index < -0.39 is 5.97 Å². The van der Waals surface area contributed by atoms with Gasteiger partial charge in [0.15, 0.2) is 0 Å². The molecule has 0 aliphatic carbocycles. The number of methoxy groups -OCH3 is 1. The number of fused-ring (bicyclic) bond motifs is 1. The molecule has 7 heteroatoms. The number of hydrogen-bond donors (Lipinski definition) is 3. The van der Waals surface area contributed by atoms with Crippen molar-refractivity contribution in [2.45, 2.75) is 6.54 Å². The summed E-state index contributed by atoms with van der Waals surface area (Å²) in [5, 5.41) is 6.34. The van der Waals surface area contributed by atoms with Crippen molar-refractivity contribution >= 4 is 34.5 Å². The lowest BCUT2D eigenvalue weighted by atomic mass is 9.99. The minimum Gasteiger partial charge on any atom is -0.465 e. The average Bonchev–Trinajstić information content (AvgIpc) is 3.18. The zero-order chi connectivity index (χ0) is 24.1. The molecular weight excluding hydrogens is 428 g/mol. The van der Waals surface area contributed by atoms with Gasteiger partial charge in [0.05, 0.1) is 29.6 Å². The van der Waals surface area contributed by atoms with Crippen LogP contribution >= 0.6 is 0 Å². The molecule has 1 aliphatic rings. The lowest BCUT2D eigenvalue weighted by Gasteiger charge is -2.17. The molecule has 0 spiro atoms. The Morgan fingerprint density at radius 1 is 1.03 bits per heavy atom. The Kier molecular flexibility index (Phi) is 7.06. The van der Waals surface area contributed by atoms with Gasteiger partial charge < -0.3 is 26.0 Å². The first-order valence-electron chi connectivity index (χ1n) is 11.1. The summed E-state index contributed by atoms with van der Waals surface area (Å²) in [6.07, 6.45) is 0. The smallest absolute Gasteiger partial charge is 0.337 e. The number of carbonyl (C=O) groups is 2. The van der Waals surface area contributed by atoms with Crippen LogP contribution in [0.2, 0.25) is 0 Å². The Labute approximate surface area is 199 Å². The van der Waals surface area contributed by atoms with E-state index in [2.05, 4.69) is 27.7 Å². The predicted molar refractivity (Wildman–Crippen MR) is 135 cm³/mol. The Hall–Kier alpha value is -3.94. The molecule has 0 bridgehead atoms. The lowest BCUT2D eigenvalue weighted by molar-refractivity contribution is -0.110. The van der Waals surface area contributed by atoms with Crippen LogP contribution in [0.4, 0.5) is 11.4 Å². The van der Waals surface area contributed by atoms with Gasteiger partial charge in [-0.3, -0.25) is 4.79 Å². The quantitative estimate of drug-likeness (QED) is 0.353. The van der Waals surface area contributed by atoms with Gasteiger partial charge in [-0.2, -0.15) is 0 Å². The summed E-state index contributed by atoms with van der Waals surface area (Å²) >= 11 is 0. The van der Waals surface area contributed by atoms with E-state index in [4.69, 9.17) is 10.5 Å². The highest BCUT2D eigenvalue weighted by molar-refractivity contribution is 6.37. The van der Waals surface area contributed by atoms with Gasteiger partial charge in [-0.05, 0) is 42.4 Å². The first-order chi connectivity index (χ1) is 16.5. The number of rotatable bonds is 8. The zero-order valence-electron chi connectivity index (χ0n) is 19.3. The molecule has 3 aromatic rings. The summed E-state index contributed by atoms with van der Waals surface area (Å²) in [5.74, 6) is -0.684. The Balaban J connectivity index is 1.71. The van der Waals surface area contributed by atoms with Gasteiger partial charge in [0.25, 0.3) is 5.91 Å². The van der Waals surface area contributed by atoms with E-state index >= 15 is 0 Å². The van der Waals surface area contributed by atoms with Crippen LogP contribution in [0.3, 0.4) is 0 Å². The zero-order valence-corrected chi connectivity index (χ0v) is 19.3. The fourth-order valence-corrected chi connectivity index (χ4v) is 4.00. The van der Waals surface area contributed by atoms with Crippen molar-refractivity contribution in [2.24, 2.45) is 5.73 Å². The maximum absolute atomic E-state index is 13.1. The molecule has 1 amide bonds. The molecule has 7 nitrogen and oxygen atoms in total. The molecule has 174 valence electrons. The number of hydrogen-bond acceptors (Lipinski definition) is 6. The summed E-state index contributed by atoms with van der Waals surface area (Å²) in [6, 6.07) is 22.9. The number of benzene rings is 3. The average molecular weight is 457 g/mol. The van der Waals surface area contributed by atoms with Gasteiger partial charge in [-0.25, -0.2) is 4.79 Å². The van der Waals surface area contributed by atoms with Crippen molar-refractivity contribution in [2.75, 3.05) is 37.9 Å². The molecule has 4 rings (SSSR count). The highest BCUT2D eigenvalue weighted by Crippen LogP contribution is 2.38. The van der Waals surface area contributed by atoms with Crippen molar-refractivity contribution in [1.82, 2.24) is 4.90 Å². The minimum absolute atomic E-state index is 0.233. The first kappa shape index (κ1) is 23.2. The Morgan fingerprint density at radius 2 is 1.76 bits per heavy atom. The molecule has 0 saturated heterocycles. The van der Waals surface area contributed by atoms with Gasteiger partial charge in [-0.15, -0.1) is 0 Å². The number of likely N-dealkylation sites (N-methyl/N-ethyl adjacent to an activating group) is 1. The van der Waals surface area contributed by atoms with Gasteiger partial charge in [0, 0.05) is 30.9 Å². The van der Waals surface area contributed by atoms with Gasteiger partial charge in [0.2, 0.25) is 0 Å². The summed E-state index contributed by atoms with van der Waals surface area (Å²) in [7, 11) is 3.37. The Morgan fingerprint density at radius 3 is 2.44 bits per heavy atom. The van der Waals surface area contributed by atoms with Gasteiger partial charge in [0.1, 0.15) is 0 Å². The fourth-order valence-electron chi connectivity index (χ4n) is 4.00. The van der Waals surface area contributed by atoms with E-state index in [1.807, 2.05) is 49.5 Å². The third-order valence-corrected chi connectivity index (χ3v) is 5.68. The topological polar surface area (TPSA) is 96.7 Å². The van der Waals surface area contributed by atoms with Crippen molar-refractivity contribution < 1.29 is 14.3 Å². The molecule has 4 N–H and O–H groups in total. The molecule has 1 aliphatic heterocycles. The summed E-state index contributed by atoms with van der Waals surface area (Å²) in [5.41, 5.74) is 11.5.